The quantitative estimate of drug-likeness (QED) is 0.813. The summed E-state index contributed by atoms with van der Waals surface area (Å²) in [5.74, 6) is -0.785. The van der Waals surface area contributed by atoms with Gasteiger partial charge in [0.15, 0.2) is 11.6 Å². The molecule has 1 aromatic rings. The van der Waals surface area contributed by atoms with Gasteiger partial charge >= 0.3 is 6.01 Å². The Morgan fingerprint density at radius 3 is 3.06 bits per heavy atom. The van der Waals surface area contributed by atoms with E-state index in [1.165, 1.54) is 0 Å². The van der Waals surface area contributed by atoms with Gasteiger partial charge < -0.3 is 15.4 Å². The van der Waals surface area contributed by atoms with Crippen molar-refractivity contribution < 1.29 is 13.9 Å². The lowest BCUT2D eigenvalue weighted by molar-refractivity contribution is -0.128. The lowest BCUT2D eigenvalue weighted by Gasteiger charge is -2.14. The fourth-order valence-corrected chi connectivity index (χ4v) is 1.62. The number of hydrogen-bond acceptors (Lipinski definition) is 5. The summed E-state index contributed by atoms with van der Waals surface area (Å²) in [4.78, 5) is 20.3. The summed E-state index contributed by atoms with van der Waals surface area (Å²) in [5.41, 5.74) is 5.27. The molecular weight excluding hydrogens is 227 g/mol. The summed E-state index contributed by atoms with van der Waals surface area (Å²) in [6.45, 7) is 1.52. The molecule has 0 atom stereocenters. The topological polar surface area (TPSA) is 81.3 Å². The number of aromatic nitrogens is 2. The Bertz CT molecular complexity index is 427. The van der Waals surface area contributed by atoms with Crippen molar-refractivity contribution in [1.82, 2.24) is 14.9 Å². The first-order valence-corrected chi connectivity index (χ1v) is 5.35. The molecule has 1 aliphatic heterocycles. The molecular formula is C10H13FN4O2. The monoisotopic (exact) mass is 240 g/mol. The number of amides is 1. The molecule has 0 radical (unpaired) electrons. The summed E-state index contributed by atoms with van der Waals surface area (Å²) in [6, 6.07) is 0.0237. The van der Waals surface area contributed by atoms with Crippen molar-refractivity contribution in [2.24, 2.45) is 0 Å². The van der Waals surface area contributed by atoms with Gasteiger partial charge in [-0.2, -0.15) is 4.98 Å². The fraction of sp³-hybridized carbons (Fsp3) is 0.500. The zero-order valence-electron chi connectivity index (χ0n) is 9.23. The number of nitrogens with zero attached hydrogens (tertiary/aromatic N) is 3. The molecule has 6 nitrogen and oxygen atoms in total. The Hall–Kier alpha value is -1.92. The zero-order chi connectivity index (χ0) is 12.3. The maximum atomic E-state index is 12.8. The molecule has 1 aromatic heterocycles. The number of nitrogens with two attached hydrogens (primary N) is 1. The highest BCUT2D eigenvalue weighted by molar-refractivity contribution is 5.78. The molecule has 2 N–H and O–H groups in total. The average Bonchev–Trinajstić information content (AvgIpc) is 2.70. The van der Waals surface area contributed by atoms with Crippen LogP contribution < -0.4 is 10.5 Å². The van der Waals surface area contributed by atoms with Crippen molar-refractivity contribution in [3.8, 4) is 6.01 Å². The maximum Gasteiger partial charge on any atom is 0.318 e. The number of ether oxygens (including phenoxy) is 1. The molecule has 17 heavy (non-hydrogen) atoms. The SMILES string of the molecule is Nc1nc(OCCN2CCCC2=O)ncc1F. The first kappa shape index (κ1) is 11.6. The number of anilines is 1. The molecule has 2 heterocycles. The van der Waals surface area contributed by atoms with Crippen LogP contribution in [0.1, 0.15) is 12.8 Å². The molecule has 0 bridgehead atoms. The minimum Gasteiger partial charge on any atom is -0.462 e. The van der Waals surface area contributed by atoms with Gasteiger partial charge in [0.1, 0.15) is 6.61 Å². The van der Waals surface area contributed by atoms with Crippen LogP contribution in [0.3, 0.4) is 0 Å². The van der Waals surface area contributed by atoms with Crippen molar-refractivity contribution in [2.45, 2.75) is 12.8 Å². The Morgan fingerprint density at radius 2 is 2.41 bits per heavy atom. The van der Waals surface area contributed by atoms with Gasteiger partial charge in [-0.25, -0.2) is 9.37 Å². The van der Waals surface area contributed by atoms with Crippen molar-refractivity contribution >= 4 is 11.7 Å². The fourth-order valence-electron chi connectivity index (χ4n) is 1.62. The lowest BCUT2D eigenvalue weighted by atomic mass is 10.4. The molecule has 7 heteroatoms. The van der Waals surface area contributed by atoms with E-state index in [2.05, 4.69) is 9.97 Å². The number of carbonyl (C=O) groups is 1. The Labute approximate surface area is 97.6 Å². The Morgan fingerprint density at radius 1 is 1.59 bits per heavy atom. The van der Waals surface area contributed by atoms with E-state index in [-0.39, 0.29) is 24.3 Å². The van der Waals surface area contributed by atoms with Gasteiger partial charge in [-0.1, -0.05) is 0 Å². The van der Waals surface area contributed by atoms with Crippen LogP contribution in [0.2, 0.25) is 0 Å². The summed E-state index contributed by atoms with van der Waals surface area (Å²) < 4.78 is 17.9. The second-order valence-corrected chi connectivity index (χ2v) is 3.72. The molecule has 1 saturated heterocycles. The standard InChI is InChI=1S/C10H13FN4O2/c11-7-6-13-10(14-9(7)12)17-5-4-15-3-1-2-8(15)16/h6H,1-5H2,(H2,12,13,14). The zero-order valence-corrected chi connectivity index (χ0v) is 9.23. The van der Waals surface area contributed by atoms with E-state index in [9.17, 15) is 9.18 Å². The van der Waals surface area contributed by atoms with Crippen LogP contribution in [0, 0.1) is 5.82 Å². The first-order chi connectivity index (χ1) is 8.16. The number of halogens is 1. The van der Waals surface area contributed by atoms with Crippen LogP contribution in [-0.2, 0) is 4.79 Å². The second kappa shape index (κ2) is 4.94. The first-order valence-electron chi connectivity index (χ1n) is 5.35. The van der Waals surface area contributed by atoms with Gasteiger partial charge in [-0.3, -0.25) is 4.79 Å². The van der Waals surface area contributed by atoms with Gasteiger partial charge in [0.25, 0.3) is 0 Å². The van der Waals surface area contributed by atoms with E-state index in [1.54, 1.807) is 4.90 Å². The van der Waals surface area contributed by atoms with E-state index in [4.69, 9.17) is 10.5 Å². The minimum atomic E-state index is -0.674. The predicted octanol–water partition coefficient (Wildman–Crippen LogP) is 0.199. The molecule has 0 spiro atoms. The normalized spacial score (nSPS) is 15.4. The van der Waals surface area contributed by atoms with E-state index < -0.39 is 5.82 Å². The van der Waals surface area contributed by atoms with Gasteiger partial charge in [0.05, 0.1) is 12.7 Å². The van der Waals surface area contributed by atoms with Crippen LogP contribution in [-0.4, -0.2) is 40.5 Å². The molecule has 0 aliphatic carbocycles. The summed E-state index contributed by atoms with van der Waals surface area (Å²) >= 11 is 0. The van der Waals surface area contributed by atoms with Gasteiger partial charge in [0, 0.05) is 13.0 Å². The number of carbonyl (C=O) groups excluding carboxylic acids is 1. The molecule has 2 rings (SSSR count). The van der Waals surface area contributed by atoms with E-state index in [0.29, 0.717) is 13.0 Å². The third-order valence-corrected chi connectivity index (χ3v) is 2.51. The smallest absolute Gasteiger partial charge is 0.318 e. The maximum absolute atomic E-state index is 12.8. The molecule has 1 amide bonds. The van der Waals surface area contributed by atoms with Crippen molar-refractivity contribution in [2.75, 3.05) is 25.4 Å². The summed E-state index contributed by atoms with van der Waals surface area (Å²) in [7, 11) is 0. The number of hydrogen-bond donors (Lipinski definition) is 1. The van der Waals surface area contributed by atoms with E-state index in [0.717, 1.165) is 19.2 Å². The molecule has 92 valence electrons. The average molecular weight is 240 g/mol. The molecule has 0 saturated carbocycles. The van der Waals surface area contributed by atoms with Crippen LogP contribution in [0.5, 0.6) is 6.01 Å². The van der Waals surface area contributed by atoms with Gasteiger partial charge in [-0.05, 0) is 6.42 Å². The van der Waals surface area contributed by atoms with Crippen LogP contribution in [0.4, 0.5) is 10.2 Å². The largest absolute Gasteiger partial charge is 0.462 e. The van der Waals surface area contributed by atoms with E-state index >= 15 is 0 Å². The van der Waals surface area contributed by atoms with E-state index in [1.807, 2.05) is 0 Å². The third kappa shape index (κ3) is 2.80. The van der Waals surface area contributed by atoms with Crippen molar-refractivity contribution in [1.29, 1.82) is 0 Å². The Balaban J connectivity index is 1.81. The highest BCUT2D eigenvalue weighted by Crippen LogP contribution is 2.11. The van der Waals surface area contributed by atoms with Crippen molar-refractivity contribution in [3.63, 3.8) is 0 Å². The summed E-state index contributed by atoms with van der Waals surface area (Å²) in [6.07, 6.45) is 2.44. The molecule has 0 aromatic carbocycles. The van der Waals surface area contributed by atoms with Crippen LogP contribution in [0.15, 0.2) is 6.20 Å². The summed E-state index contributed by atoms with van der Waals surface area (Å²) in [5, 5.41) is 0. The third-order valence-electron chi connectivity index (χ3n) is 2.51. The highest BCUT2D eigenvalue weighted by Gasteiger charge is 2.19. The number of likely N-dealkylation sites (tertiary alicyclic amines) is 1. The second-order valence-electron chi connectivity index (χ2n) is 3.72. The molecule has 1 fully saturated rings. The predicted molar refractivity (Wildman–Crippen MR) is 57.7 cm³/mol. The van der Waals surface area contributed by atoms with Gasteiger partial charge in [-0.15, -0.1) is 0 Å². The number of rotatable bonds is 4. The van der Waals surface area contributed by atoms with Gasteiger partial charge in [0.2, 0.25) is 5.91 Å². The Kier molecular flexibility index (Phi) is 3.36. The lowest BCUT2D eigenvalue weighted by Crippen LogP contribution is -2.29. The number of nitrogen functional groups attached to an aromatic ring is 1. The van der Waals surface area contributed by atoms with Crippen LogP contribution in [0.25, 0.3) is 0 Å². The van der Waals surface area contributed by atoms with Crippen LogP contribution >= 0.6 is 0 Å². The molecule has 1 aliphatic rings. The highest BCUT2D eigenvalue weighted by atomic mass is 19.1. The molecule has 0 unspecified atom stereocenters. The minimum absolute atomic E-state index is 0.0237. The van der Waals surface area contributed by atoms with Crippen molar-refractivity contribution in [3.05, 3.63) is 12.0 Å².